The van der Waals surface area contributed by atoms with Crippen molar-refractivity contribution in [3.05, 3.63) is 12.2 Å². The number of ether oxygens (including phenoxy) is 1. The molecule has 1 aliphatic carbocycles. The fourth-order valence-corrected chi connectivity index (χ4v) is 1.61. The Balaban J connectivity index is 2.90. The highest BCUT2D eigenvalue weighted by Gasteiger charge is 2.48. The number of allylic oxidation sites excluding steroid dienone is 2. The van der Waals surface area contributed by atoms with E-state index in [-0.39, 0.29) is 18.2 Å². The summed E-state index contributed by atoms with van der Waals surface area (Å²) in [5.74, 6) is -0.205. The maximum atomic E-state index is 11.5. The highest BCUT2D eigenvalue weighted by Crippen LogP contribution is 2.48. The minimum Gasteiger partial charge on any atom is -0.469 e. The van der Waals surface area contributed by atoms with Gasteiger partial charge in [0.25, 0.3) is 0 Å². The predicted octanol–water partition coefficient (Wildman–Crippen LogP) is 1.72. The molecule has 0 bridgehead atoms. The van der Waals surface area contributed by atoms with E-state index in [1.165, 1.54) is 7.11 Å². The van der Waals surface area contributed by atoms with E-state index in [2.05, 4.69) is 4.74 Å². The van der Waals surface area contributed by atoms with Crippen LogP contribution in [0.1, 0.15) is 27.2 Å². The fourth-order valence-electron chi connectivity index (χ4n) is 1.61. The van der Waals surface area contributed by atoms with Gasteiger partial charge >= 0.3 is 5.97 Å². The monoisotopic (exact) mass is 196 g/mol. The van der Waals surface area contributed by atoms with Gasteiger partial charge in [-0.05, 0) is 6.08 Å². The molecule has 14 heavy (non-hydrogen) atoms. The third kappa shape index (κ3) is 1.47. The molecule has 0 N–H and O–H groups in total. The molecule has 0 heterocycles. The van der Waals surface area contributed by atoms with E-state index in [1.807, 2.05) is 26.8 Å². The molecule has 0 aromatic heterocycles. The second kappa shape index (κ2) is 3.23. The first kappa shape index (κ1) is 11.0. The number of esters is 1. The number of ketones is 1. The number of methoxy groups -OCH3 is 1. The summed E-state index contributed by atoms with van der Waals surface area (Å²) in [5, 5.41) is 0. The molecule has 3 nitrogen and oxygen atoms in total. The summed E-state index contributed by atoms with van der Waals surface area (Å²) in [4.78, 5) is 22.7. The van der Waals surface area contributed by atoms with Gasteiger partial charge in [0.05, 0.1) is 13.5 Å². The van der Waals surface area contributed by atoms with Crippen LogP contribution in [0.3, 0.4) is 0 Å². The molecule has 0 saturated carbocycles. The fraction of sp³-hybridized carbons (Fsp3) is 0.636. The van der Waals surface area contributed by atoms with Gasteiger partial charge in [-0.25, -0.2) is 0 Å². The maximum absolute atomic E-state index is 11.5. The van der Waals surface area contributed by atoms with Crippen molar-refractivity contribution in [1.82, 2.24) is 0 Å². The third-order valence-corrected chi connectivity index (χ3v) is 3.39. The largest absolute Gasteiger partial charge is 0.469 e. The zero-order chi connectivity index (χ0) is 11.0. The molecule has 0 radical (unpaired) electrons. The summed E-state index contributed by atoms with van der Waals surface area (Å²) in [6, 6.07) is 0. The van der Waals surface area contributed by atoms with E-state index in [9.17, 15) is 9.59 Å². The van der Waals surface area contributed by atoms with Crippen LogP contribution < -0.4 is 0 Å². The Labute approximate surface area is 84.1 Å². The Morgan fingerprint density at radius 1 is 1.43 bits per heavy atom. The highest BCUT2D eigenvalue weighted by molar-refractivity contribution is 5.98. The lowest BCUT2D eigenvalue weighted by atomic mass is 9.67. The Hall–Kier alpha value is -1.12. The van der Waals surface area contributed by atoms with Crippen molar-refractivity contribution in [1.29, 1.82) is 0 Å². The van der Waals surface area contributed by atoms with Crippen LogP contribution in [-0.4, -0.2) is 18.9 Å². The van der Waals surface area contributed by atoms with Gasteiger partial charge in [-0.2, -0.15) is 0 Å². The summed E-state index contributed by atoms with van der Waals surface area (Å²) in [6.45, 7) is 5.63. The van der Waals surface area contributed by atoms with Gasteiger partial charge < -0.3 is 4.74 Å². The number of hydrogen-bond donors (Lipinski definition) is 0. The van der Waals surface area contributed by atoms with Crippen LogP contribution in [0, 0.1) is 10.8 Å². The first-order chi connectivity index (χ1) is 6.33. The third-order valence-electron chi connectivity index (χ3n) is 3.39. The van der Waals surface area contributed by atoms with Crippen molar-refractivity contribution in [2.24, 2.45) is 10.8 Å². The molecule has 1 rings (SSSR count). The number of carbonyl (C=O) groups is 2. The molecule has 0 unspecified atom stereocenters. The summed E-state index contributed by atoms with van der Waals surface area (Å²) in [7, 11) is 1.36. The van der Waals surface area contributed by atoms with Gasteiger partial charge in [0.15, 0.2) is 5.78 Å². The Morgan fingerprint density at radius 3 is 2.36 bits per heavy atom. The summed E-state index contributed by atoms with van der Waals surface area (Å²) >= 11 is 0. The van der Waals surface area contributed by atoms with Gasteiger partial charge in [0.1, 0.15) is 0 Å². The van der Waals surface area contributed by atoms with Crippen LogP contribution in [0.5, 0.6) is 0 Å². The van der Waals surface area contributed by atoms with Crippen molar-refractivity contribution < 1.29 is 14.3 Å². The first-order valence-corrected chi connectivity index (χ1v) is 4.64. The van der Waals surface area contributed by atoms with Crippen LogP contribution in [0.2, 0.25) is 0 Å². The van der Waals surface area contributed by atoms with E-state index in [0.717, 1.165) is 0 Å². The molecule has 1 aliphatic rings. The van der Waals surface area contributed by atoms with Crippen molar-refractivity contribution in [3.8, 4) is 0 Å². The molecule has 0 aliphatic heterocycles. The van der Waals surface area contributed by atoms with E-state index in [1.54, 1.807) is 6.08 Å². The van der Waals surface area contributed by atoms with E-state index in [4.69, 9.17) is 0 Å². The number of carbonyl (C=O) groups excluding carboxylic acids is 2. The quantitative estimate of drug-likeness (QED) is 0.631. The molecule has 0 aromatic rings. The molecule has 0 saturated heterocycles. The summed E-state index contributed by atoms with van der Waals surface area (Å²) < 4.78 is 4.62. The first-order valence-electron chi connectivity index (χ1n) is 4.64. The van der Waals surface area contributed by atoms with Crippen molar-refractivity contribution in [3.63, 3.8) is 0 Å². The van der Waals surface area contributed by atoms with E-state index in [0.29, 0.717) is 0 Å². The number of hydrogen-bond acceptors (Lipinski definition) is 3. The number of rotatable bonds is 2. The molecular weight excluding hydrogens is 180 g/mol. The second-order valence-corrected chi connectivity index (χ2v) is 4.49. The smallest absolute Gasteiger partial charge is 0.306 e. The molecule has 78 valence electrons. The molecule has 1 atom stereocenters. The Morgan fingerprint density at radius 2 is 2.00 bits per heavy atom. The second-order valence-electron chi connectivity index (χ2n) is 4.49. The standard InChI is InChI=1S/C11H16O3/c1-10(2)8(12)5-6-11(10,3)7-9(13)14-4/h5-6H,7H2,1-4H3/t11-/m0/s1. The minimum atomic E-state index is -0.513. The van der Waals surface area contributed by atoms with E-state index < -0.39 is 10.8 Å². The lowest BCUT2D eigenvalue weighted by molar-refractivity contribution is -0.144. The van der Waals surface area contributed by atoms with Crippen LogP contribution in [0.4, 0.5) is 0 Å². The lowest BCUT2D eigenvalue weighted by Crippen LogP contribution is -2.37. The summed E-state index contributed by atoms with van der Waals surface area (Å²) in [6.07, 6.45) is 3.62. The van der Waals surface area contributed by atoms with Crippen LogP contribution in [-0.2, 0) is 14.3 Å². The zero-order valence-corrected chi connectivity index (χ0v) is 9.09. The average molecular weight is 196 g/mol. The molecule has 0 fully saturated rings. The lowest BCUT2D eigenvalue weighted by Gasteiger charge is -2.35. The highest BCUT2D eigenvalue weighted by atomic mass is 16.5. The predicted molar refractivity (Wildman–Crippen MR) is 52.7 cm³/mol. The molecule has 0 amide bonds. The van der Waals surface area contributed by atoms with Gasteiger partial charge in [-0.3, -0.25) is 9.59 Å². The zero-order valence-electron chi connectivity index (χ0n) is 9.09. The average Bonchev–Trinajstić information content (AvgIpc) is 2.30. The molecule has 0 aromatic carbocycles. The van der Waals surface area contributed by atoms with Crippen LogP contribution in [0.15, 0.2) is 12.2 Å². The minimum absolute atomic E-state index is 0.0731. The summed E-state index contributed by atoms with van der Waals surface area (Å²) in [5.41, 5.74) is -0.932. The molecule has 0 spiro atoms. The molecular formula is C11H16O3. The Bertz CT molecular complexity index is 302. The van der Waals surface area contributed by atoms with Crippen LogP contribution in [0.25, 0.3) is 0 Å². The van der Waals surface area contributed by atoms with Gasteiger partial charge in [0, 0.05) is 10.8 Å². The van der Waals surface area contributed by atoms with Crippen molar-refractivity contribution in [2.75, 3.05) is 7.11 Å². The topological polar surface area (TPSA) is 43.4 Å². The van der Waals surface area contributed by atoms with E-state index >= 15 is 0 Å². The van der Waals surface area contributed by atoms with Gasteiger partial charge in [-0.1, -0.05) is 26.8 Å². The SMILES string of the molecule is COC(=O)C[C@]1(C)C=CC(=O)C1(C)C. The van der Waals surface area contributed by atoms with Crippen molar-refractivity contribution in [2.45, 2.75) is 27.2 Å². The van der Waals surface area contributed by atoms with Gasteiger partial charge in [-0.15, -0.1) is 0 Å². The maximum Gasteiger partial charge on any atom is 0.306 e. The molecule has 3 heteroatoms. The van der Waals surface area contributed by atoms with Crippen molar-refractivity contribution >= 4 is 11.8 Å². The van der Waals surface area contributed by atoms with Crippen LogP contribution >= 0.6 is 0 Å². The Kier molecular flexibility index (Phi) is 2.52. The normalized spacial score (nSPS) is 29.3. The van der Waals surface area contributed by atoms with Gasteiger partial charge in [0.2, 0.25) is 0 Å².